The summed E-state index contributed by atoms with van der Waals surface area (Å²) in [6.07, 6.45) is 0. The fraction of sp³-hybridized carbons (Fsp3) is 0.300. The van der Waals surface area contributed by atoms with Crippen molar-refractivity contribution in [3.63, 3.8) is 0 Å². The van der Waals surface area contributed by atoms with Crippen LogP contribution in [0.4, 0.5) is 5.69 Å². The number of hydrogen-bond donors (Lipinski definition) is 2. The van der Waals surface area contributed by atoms with Gasteiger partial charge in [-0.3, -0.25) is 4.79 Å². The van der Waals surface area contributed by atoms with Crippen LogP contribution >= 0.6 is 0 Å². The topological polar surface area (TPSA) is 99.9 Å². The van der Waals surface area contributed by atoms with Crippen LogP contribution in [0, 0.1) is 6.92 Å². The molecule has 0 aromatic heterocycles. The van der Waals surface area contributed by atoms with Crippen LogP contribution in [-0.4, -0.2) is 32.7 Å². The van der Waals surface area contributed by atoms with Gasteiger partial charge in [0.1, 0.15) is 11.5 Å². The zero-order chi connectivity index (χ0) is 20.0. The van der Waals surface area contributed by atoms with E-state index < -0.39 is 18.5 Å². The van der Waals surface area contributed by atoms with Crippen LogP contribution in [0.3, 0.4) is 0 Å². The van der Waals surface area contributed by atoms with E-state index in [9.17, 15) is 9.59 Å². The summed E-state index contributed by atoms with van der Waals surface area (Å²) in [5, 5.41) is 2.77. The number of anilines is 1. The molecule has 0 saturated heterocycles. The number of nitrogens with two attached hydrogens (primary N) is 1. The molecule has 0 unspecified atom stereocenters. The van der Waals surface area contributed by atoms with Crippen molar-refractivity contribution >= 4 is 17.6 Å². The fourth-order valence-corrected chi connectivity index (χ4v) is 2.52. The minimum absolute atomic E-state index is 0.299. The van der Waals surface area contributed by atoms with Gasteiger partial charge in [-0.1, -0.05) is 6.07 Å². The van der Waals surface area contributed by atoms with E-state index in [4.69, 9.17) is 19.9 Å². The number of amides is 1. The lowest BCUT2D eigenvalue weighted by Crippen LogP contribution is -2.31. The molecule has 0 fully saturated rings. The van der Waals surface area contributed by atoms with Crippen LogP contribution in [0.15, 0.2) is 36.4 Å². The maximum absolute atomic E-state index is 12.2. The quantitative estimate of drug-likeness (QED) is 0.572. The van der Waals surface area contributed by atoms with Crippen LogP contribution in [-0.2, 0) is 9.53 Å². The van der Waals surface area contributed by atoms with Crippen molar-refractivity contribution in [2.24, 2.45) is 0 Å². The van der Waals surface area contributed by atoms with Crippen LogP contribution in [0.1, 0.15) is 34.5 Å². The number of nitrogens with one attached hydrogen (secondary N) is 1. The number of carbonyl (C=O) groups excluding carboxylic acids is 2. The lowest BCUT2D eigenvalue weighted by Gasteiger charge is -2.18. The molecule has 0 aliphatic heterocycles. The first-order valence-electron chi connectivity index (χ1n) is 8.40. The third-order valence-electron chi connectivity index (χ3n) is 4.13. The van der Waals surface area contributed by atoms with Crippen LogP contribution in [0.25, 0.3) is 0 Å². The molecular weight excluding hydrogens is 348 g/mol. The molecule has 27 heavy (non-hydrogen) atoms. The first-order valence-corrected chi connectivity index (χ1v) is 8.40. The Morgan fingerprint density at radius 2 is 1.85 bits per heavy atom. The van der Waals surface area contributed by atoms with Crippen molar-refractivity contribution in [1.29, 1.82) is 0 Å². The molecule has 0 bridgehead atoms. The van der Waals surface area contributed by atoms with Crippen molar-refractivity contribution in [2.45, 2.75) is 19.9 Å². The van der Waals surface area contributed by atoms with E-state index in [1.807, 2.05) is 6.92 Å². The average molecular weight is 372 g/mol. The van der Waals surface area contributed by atoms with E-state index in [2.05, 4.69) is 5.32 Å². The molecule has 0 spiro atoms. The molecule has 7 nitrogen and oxygen atoms in total. The van der Waals surface area contributed by atoms with Crippen molar-refractivity contribution in [1.82, 2.24) is 5.32 Å². The highest BCUT2D eigenvalue weighted by Gasteiger charge is 2.17. The highest BCUT2D eigenvalue weighted by Crippen LogP contribution is 2.29. The Hall–Kier alpha value is -3.22. The van der Waals surface area contributed by atoms with Crippen molar-refractivity contribution in [2.75, 3.05) is 26.6 Å². The fourth-order valence-electron chi connectivity index (χ4n) is 2.52. The standard InChI is InChI=1S/C20H24N2O5/c1-12-5-6-14(9-17(12)21)20(24)27-11-19(23)22-13(2)16-10-15(25-3)7-8-18(16)26-4/h5-10,13H,11,21H2,1-4H3,(H,22,23)/t13-/m0/s1. The summed E-state index contributed by atoms with van der Waals surface area (Å²) in [6.45, 7) is 3.24. The van der Waals surface area contributed by atoms with E-state index in [-0.39, 0.29) is 6.04 Å². The Kier molecular flexibility index (Phi) is 6.65. The summed E-state index contributed by atoms with van der Waals surface area (Å²) in [4.78, 5) is 24.2. The number of esters is 1. The molecule has 7 heteroatoms. The van der Waals surface area contributed by atoms with Gasteiger partial charge in [0.25, 0.3) is 5.91 Å². The molecule has 3 N–H and O–H groups in total. The van der Waals surface area contributed by atoms with Crippen LogP contribution in [0.2, 0.25) is 0 Å². The average Bonchev–Trinajstić information content (AvgIpc) is 2.67. The number of ether oxygens (including phenoxy) is 3. The summed E-state index contributed by atoms with van der Waals surface area (Å²) in [5.74, 6) is 0.232. The molecule has 2 aromatic rings. The van der Waals surface area contributed by atoms with E-state index >= 15 is 0 Å². The van der Waals surface area contributed by atoms with E-state index in [0.29, 0.717) is 22.7 Å². The highest BCUT2D eigenvalue weighted by atomic mass is 16.5. The molecule has 1 amide bonds. The minimum Gasteiger partial charge on any atom is -0.497 e. The number of benzene rings is 2. The Bertz CT molecular complexity index is 835. The van der Waals surface area contributed by atoms with Gasteiger partial charge in [0, 0.05) is 11.3 Å². The predicted molar refractivity (Wildman–Crippen MR) is 102 cm³/mol. The lowest BCUT2D eigenvalue weighted by atomic mass is 10.1. The van der Waals surface area contributed by atoms with Gasteiger partial charge in [-0.05, 0) is 49.7 Å². The Balaban J connectivity index is 1.97. The van der Waals surface area contributed by atoms with Gasteiger partial charge in [-0.2, -0.15) is 0 Å². The number of hydrogen-bond acceptors (Lipinski definition) is 6. The molecule has 0 aliphatic carbocycles. The maximum Gasteiger partial charge on any atom is 0.338 e. The highest BCUT2D eigenvalue weighted by molar-refractivity contribution is 5.92. The largest absolute Gasteiger partial charge is 0.497 e. The van der Waals surface area contributed by atoms with E-state index in [1.165, 1.54) is 6.07 Å². The smallest absolute Gasteiger partial charge is 0.338 e. The Morgan fingerprint density at radius 1 is 1.11 bits per heavy atom. The third-order valence-corrected chi connectivity index (χ3v) is 4.13. The first kappa shape index (κ1) is 20.1. The summed E-state index contributed by atoms with van der Waals surface area (Å²) in [7, 11) is 3.11. The van der Waals surface area contributed by atoms with Gasteiger partial charge in [-0.25, -0.2) is 4.79 Å². The predicted octanol–water partition coefficient (Wildman–Crippen LogP) is 2.63. The number of aryl methyl sites for hydroxylation is 1. The monoisotopic (exact) mass is 372 g/mol. The van der Waals surface area contributed by atoms with Gasteiger partial charge in [0.15, 0.2) is 6.61 Å². The summed E-state index contributed by atoms with van der Waals surface area (Å²) in [5.41, 5.74) is 8.20. The third kappa shape index (κ3) is 5.13. The second-order valence-corrected chi connectivity index (χ2v) is 6.04. The van der Waals surface area contributed by atoms with Crippen LogP contribution < -0.4 is 20.5 Å². The molecular formula is C20H24N2O5. The zero-order valence-electron chi connectivity index (χ0n) is 15.9. The van der Waals surface area contributed by atoms with Gasteiger partial charge in [0.2, 0.25) is 0 Å². The van der Waals surface area contributed by atoms with Crippen LogP contribution in [0.5, 0.6) is 11.5 Å². The second-order valence-electron chi connectivity index (χ2n) is 6.04. The van der Waals surface area contributed by atoms with Crippen molar-refractivity contribution in [3.05, 3.63) is 53.1 Å². The molecule has 2 aromatic carbocycles. The molecule has 0 radical (unpaired) electrons. The number of carbonyl (C=O) groups is 2. The Morgan fingerprint density at radius 3 is 2.48 bits per heavy atom. The molecule has 0 aliphatic rings. The molecule has 0 saturated carbocycles. The summed E-state index contributed by atoms with van der Waals surface area (Å²) >= 11 is 0. The van der Waals surface area contributed by atoms with Gasteiger partial charge in [-0.15, -0.1) is 0 Å². The van der Waals surface area contributed by atoms with Gasteiger partial charge < -0.3 is 25.3 Å². The van der Waals surface area contributed by atoms with Crippen molar-refractivity contribution in [3.8, 4) is 11.5 Å². The zero-order valence-corrected chi connectivity index (χ0v) is 15.9. The normalized spacial score (nSPS) is 11.4. The molecule has 1 atom stereocenters. The van der Waals surface area contributed by atoms with Crippen molar-refractivity contribution < 1.29 is 23.8 Å². The first-order chi connectivity index (χ1) is 12.8. The molecule has 144 valence electrons. The molecule has 2 rings (SSSR count). The SMILES string of the molecule is COc1ccc(OC)c([C@H](C)NC(=O)COC(=O)c2ccc(C)c(N)c2)c1. The van der Waals surface area contributed by atoms with E-state index in [0.717, 1.165) is 11.1 Å². The molecule has 0 heterocycles. The Labute approximate surface area is 158 Å². The van der Waals surface area contributed by atoms with Gasteiger partial charge >= 0.3 is 5.97 Å². The number of nitrogen functional groups attached to an aromatic ring is 1. The summed E-state index contributed by atoms with van der Waals surface area (Å²) < 4.78 is 15.6. The minimum atomic E-state index is -0.608. The second kappa shape index (κ2) is 8.93. The lowest BCUT2D eigenvalue weighted by molar-refractivity contribution is -0.124. The summed E-state index contributed by atoms with van der Waals surface area (Å²) in [6, 6.07) is 9.81. The van der Waals surface area contributed by atoms with Gasteiger partial charge in [0.05, 0.1) is 25.8 Å². The number of rotatable bonds is 7. The van der Waals surface area contributed by atoms with E-state index in [1.54, 1.807) is 51.5 Å². The number of methoxy groups -OCH3 is 2. The maximum atomic E-state index is 12.2.